The average molecular weight is 400 g/mol. The third-order valence-electron chi connectivity index (χ3n) is 5.46. The standard InChI is InChI=1S/C22H26N2O3S/c1-14(2)27-22(26)16-5-7-17(8-6-16)23-20(25)13-24-11-9-19-18(10-12-28-19)21(24)15-3-4-15/h5-8,10,12,14-15,21H,3-4,9,11,13H2,1-2H3,(H,23,25)/p+1/t21-/m1/s1. The molecule has 1 amide bonds. The molecule has 1 unspecified atom stereocenters. The third-order valence-corrected chi connectivity index (χ3v) is 6.45. The molecule has 28 heavy (non-hydrogen) atoms. The van der Waals surface area contributed by atoms with Crippen molar-refractivity contribution in [3.63, 3.8) is 0 Å². The van der Waals surface area contributed by atoms with Crippen LogP contribution in [0.2, 0.25) is 0 Å². The number of esters is 1. The van der Waals surface area contributed by atoms with Crippen LogP contribution >= 0.6 is 11.3 Å². The highest BCUT2D eigenvalue weighted by Crippen LogP contribution is 2.42. The summed E-state index contributed by atoms with van der Waals surface area (Å²) in [6.45, 7) is 5.14. The number of hydrogen-bond donors (Lipinski definition) is 2. The van der Waals surface area contributed by atoms with Crippen LogP contribution in [0, 0.1) is 5.92 Å². The molecule has 2 aromatic rings. The van der Waals surface area contributed by atoms with Gasteiger partial charge in [-0.15, -0.1) is 11.3 Å². The van der Waals surface area contributed by atoms with E-state index in [-0.39, 0.29) is 18.0 Å². The van der Waals surface area contributed by atoms with Crippen molar-refractivity contribution < 1.29 is 19.2 Å². The molecule has 0 bridgehead atoms. The van der Waals surface area contributed by atoms with Gasteiger partial charge >= 0.3 is 5.97 Å². The fourth-order valence-electron chi connectivity index (χ4n) is 4.08. The zero-order valence-electron chi connectivity index (χ0n) is 16.4. The zero-order valence-corrected chi connectivity index (χ0v) is 17.2. The number of hydrogen-bond acceptors (Lipinski definition) is 4. The van der Waals surface area contributed by atoms with Crippen LogP contribution in [0.4, 0.5) is 5.69 Å². The Balaban J connectivity index is 1.37. The second-order valence-corrected chi connectivity index (χ2v) is 9.03. The van der Waals surface area contributed by atoms with Gasteiger partial charge in [0.1, 0.15) is 6.04 Å². The Bertz CT molecular complexity index is 855. The topological polar surface area (TPSA) is 59.8 Å². The van der Waals surface area contributed by atoms with Crippen LogP contribution in [0.15, 0.2) is 35.7 Å². The highest BCUT2D eigenvalue weighted by atomic mass is 32.1. The maximum absolute atomic E-state index is 12.7. The Kier molecular flexibility index (Phi) is 5.51. The van der Waals surface area contributed by atoms with Gasteiger partial charge in [-0.2, -0.15) is 0 Å². The molecule has 0 spiro atoms. The van der Waals surface area contributed by atoms with E-state index in [1.165, 1.54) is 28.2 Å². The number of carbonyl (C=O) groups excluding carboxylic acids is 2. The minimum atomic E-state index is -0.343. The fraction of sp³-hybridized carbons (Fsp3) is 0.455. The summed E-state index contributed by atoms with van der Waals surface area (Å²) in [5.74, 6) is 0.406. The lowest BCUT2D eigenvalue weighted by molar-refractivity contribution is -0.928. The van der Waals surface area contributed by atoms with Crippen molar-refractivity contribution in [1.82, 2.24) is 0 Å². The second kappa shape index (κ2) is 8.05. The monoisotopic (exact) mass is 399 g/mol. The molecule has 0 radical (unpaired) electrons. The molecular weight excluding hydrogens is 372 g/mol. The Hall–Kier alpha value is -2.18. The van der Waals surface area contributed by atoms with Crippen molar-refractivity contribution in [2.75, 3.05) is 18.4 Å². The first-order valence-electron chi connectivity index (χ1n) is 10.0. The molecule has 2 N–H and O–H groups in total. The molecule has 1 aromatic carbocycles. The first-order valence-corrected chi connectivity index (χ1v) is 10.9. The van der Waals surface area contributed by atoms with Crippen LogP contribution in [-0.2, 0) is 16.0 Å². The van der Waals surface area contributed by atoms with Gasteiger partial charge in [0.15, 0.2) is 6.54 Å². The Morgan fingerprint density at radius 1 is 1.21 bits per heavy atom. The molecule has 148 valence electrons. The number of thiophene rings is 1. The van der Waals surface area contributed by atoms with E-state index in [1.807, 2.05) is 25.2 Å². The first-order chi connectivity index (χ1) is 13.5. The Morgan fingerprint density at radius 2 is 1.96 bits per heavy atom. The Labute approximate surface area is 169 Å². The molecule has 1 aliphatic heterocycles. The lowest BCUT2D eigenvalue weighted by atomic mass is 9.96. The highest BCUT2D eigenvalue weighted by molar-refractivity contribution is 7.10. The number of anilines is 1. The maximum Gasteiger partial charge on any atom is 0.338 e. The van der Waals surface area contributed by atoms with E-state index in [9.17, 15) is 9.59 Å². The number of rotatable bonds is 6. The minimum Gasteiger partial charge on any atom is -0.459 e. The van der Waals surface area contributed by atoms with Crippen LogP contribution in [0.1, 0.15) is 53.5 Å². The summed E-state index contributed by atoms with van der Waals surface area (Å²) in [4.78, 5) is 27.5. The van der Waals surface area contributed by atoms with Crippen LogP contribution in [0.25, 0.3) is 0 Å². The van der Waals surface area contributed by atoms with E-state index in [1.54, 1.807) is 24.3 Å². The van der Waals surface area contributed by atoms with Crippen LogP contribution in [0.5, 0.6) is 0 Å². The zero-order chi connectivity index (χ0) is 19.7. The molecule has 1 aromatic heterocycles. The van der Waals surface area contributed by atoms with Crippen LogP contribution in [0.3, 0.4) is 0 Å². The molecule has 0 saturated heterocycles. The molecule has 2 aliphatic rings. The number of nitrogens with one attached hydrogen (secondary N) is 2. The third kappa shape index (κ3) is 4.28. The molecule has 1 saturated carbocycles. The lowest BCUT2D eigenvalue weighted by Gasteiger charge is -2.32. The van der Waals surface area contributed by atoms with Crippen molar-refractivity contribution in [3.05, 3.63) is 51.7 Å². The predicted molar refractivity (Wildman–Crippen MR) is 110 cm³/mol. The Morgan fingerprint density at radius 3 is 2.64 bits per heavy atom. The summed E-state index contributed by atoms with van der Waals surface area (Å²) in [5.41, 5.74) is 2.67. The molecule has 6 heteroatoms. The van der Waals surface area contributed by atoms with Crippen molar-refractivity contribution in [2.24, 2.45) is 5.92 Å². The van der Waals surface area contributed by atoms with E-state index in [0.717, 1.165) is 18.9 Å². The smallest absolute Gasteiger partial charge is 0.338 e. The molecule has 1 fully saturated rings. The lowest BCUT2D eigenvalue weighted by Crippen LogP contribution is -3.14. The number of ether oxygens (including phenoxy) is 1. The molecule has 4 rings (SSSR count). The minimum absolute atomic E-state index is 0.0248. The largest absolute Gasteiger partial charge is 0.459 e. The van der Waals surface area contributed by atoms with Gasteiger partial charge in [-0.25, -0.2) is 4.79 Å². The van der Waals surface area contributed by atoms with Gasteiger partial charge in [-0.1, -0.05) is 0 Å². The molecular formula is C22H27N2O3S+. The van der Waals surface area contributed by atoms with Gasteiger partial charge in [0.05, 0.1) is 18.2 Å². The van der Waals surface area contributed by atoms with E-state index >= 15 is 0 Å². The van der Waals surface area contributed by atoms with Crippen molar-refractivity contribution in [2.45, 2.75) is 45.3 Å². The summed E-state index contributed by atoms with van der Waals surface area (Å²) in [7, 11) is 0. The second-order valence-electron chi connectivity index (χ2n) is 8.03. The average Bonchev–Trinajstić information content (AvgIpc) is 3.37. The van der Waals surface area contributed by atoms with Gasteiger partial charge < -0.3 is 15.0 Å². The quantitative estimate of drug-likeness (QED) is 0.735. The van der Waals surface area contributed by atoms with Gasteiger partial charge in [0, 0.05) is 28.5 Å². The number of benzene rings is 1. The van der Waals surface area contributed by atoms with E-state index < -0.39 is 0 Å². The number of quaternary nitrogens is 1. The molecule has 5 nitrogen and oxygen atoms in total. The number of amides is 1. The summed E-state index contributed by atoms with van der Waals surface area (Å²) in [5, 5.41) is 5.17. The summed E-state index contributed by atoms with van der Waals surface area (Å²) in [6.07, 6.45) is 3.46. The maximum atomic E-state index is 12.7. The van der Waals surface area contributed by atoms with Crippen LogP contribution < -0.4 is 10.2 Å². The van der Waals surface area contributed by atoms with Crippen molar-refractivity contribution in [3.8, 4) is 0 Å². The normalized spacial score (nSPS) is 21.2. The van der Waals surface area contributed by atoms with E-state index in [0.29, 0.717) is 23.8 Å². The molecule has 2 heterocycles. The van der Waals surface area contributed by atoms with Gasteiger partial charge in [-0.05, 0) is 62.4 Å². The first kappa shape index (κ1) is 19.2. The summed E-state index contributed by atoms with van der Waals surface area (Å²) in [6, 6.07) is 9.63. The molecule has 1 aliphatic carbocycles. The van der Waals surface area contributed by atoms with E-state index in [2.05, 4.69) is 16.8 Å². The SMILES string of the molecule is CC(C)OC(=O)c1ccc(NC(=O)C[NH+]2CCc3sccc3[C@H]2C2CC2)cc1. The predicted octanol–water partition coefficient (Wildman–Crippen LogP) is 2.84. The fourth-order valence-corrected chi connectivity index (χ4v) is 5.01. The molecule has 2 atom stereocenters. The van der Waals surface area contributed by atoms with Gasteiger partial charge in [0.25, 0.3) is 5.91 Å². The van der Waals surface area contributed by atoms with Gasteiger partial charge in [0.2, 0.25) is 0 Å². The van der Waals surface area contributed by atoms with Gasteiger partial charge in [-0.3, -0.25) is 4.79 Å². The highest BCUT2D eigenvalue weighted by Gasteiger charge is 2.43. The van der Waals surface area contributed by atoms with Crippen molar-refractivity contribution in [1.29, 1.82) is 0 Å². The van der Waals surface area contributed by atoms with E-state index in [4.69, 9.17) is 4.74 Å². The van der Waals surface area contributed by atoms with Crippen LogP contribution in [-0.4, -0.2) is 31.1 Å². The number of fused-ring (bicyclic) bond motifs is 1. The van der Waals surface area contributed by atoms with Crippen molar-refractivity contribution >= 4 is 28.9 Å². The summed E-state index contributed by atoms with van der Waals surface area (Å²) < 4.78 is 5.19. The summed E-state index contributed by atoms with van der Waals surface area (Å²) >= 11 is 1.85. The number of carbonyl (C=O) groups is 2.